The second-order valence-electron chi connectivity index (χ2n) is 6.14. The molecule has 0 aliphatic rings. The highest BCUT2D eigenvalue weighted by Gasteiger charge is 2.13. The molecule has 0 fully saturated rings. The molecule has 1 aromatic carbocycles. The van der Waals surface area contributed by atoms with Gasteiger partial charge in [0, 0.05) is 17.7 Å². The highest BCUT2D eigenvalue weighted by molar-refractivity contribution is 7.99. The van der Waals surface area contributed by atoms with Crippen molar-refractivity contribution in [2.45, 2.75) is 46.3 Å². The standard InChI is InChI=1S/C19H25NO2S/c1-5-13(2)10-17(21)11-23-12-18-15(4)22-19(20-18)16-8-6-14(3)7-9-16/h6-9,13H,5,10-12H2,1-4H3. The SMILES string of the molecule is CCC(C)CC(=O)CSCc1nc(-c2ccc(C)cc2)oc1C. The molecule has 0 spiro atoms. The lowest BCUT2D eigenvalue weighted by molar-refractivity contribution is -0.117. The van der Waals surface area contributed by atoms with Gasteiger partial charge in [0.2, 0.25) is 5.89 Å². The van der Waals surface area contributed by atoms with Gasteiger partial charge in [0.25, 0.3) is 0 Å². The summed E-state index contributed by atoms with van der Waals surface area (Å²) in [5, 5.41) is 0. The smallest absolute Gasteiger partial charge is 0.226 e. The van der Waals surface area contributed by atoms with Crippen LogP contribution in [0.4, 0.5) is 0 Å². The van der Waals surface area contributed by atoms with E-state index in [0.29, 0.717) is 35.5 Å². The molecular formula is C19H25NO2S. The molecule has 3 nitrogen and oxygen atoms in total. The Hall–Kier alpha value is -1.55. The van der Waals surface area contributed by atoms with Gasteiger partial charge in [0.15, 0.2) is 0 Å². The summed E-state index contributed by atoms with van der Waals surface area (Å²) in [6.45, 7) is 8.24. The fraction of sp³-hybridized carbons (Fsp3) is 0.474. The van der Waals surface area contributed by atoms with E-state index in [0.717, 1.165) is 23.4 Å². The van der Waals surface area contributed by atoms with E-state index in [9.17, 15) is 4.79 Å². The van der Waals surface area contributed by atoms with Crippen LogP contribution in [-0.2, 0) is 10.5 Å². The number of aromatic nitrogens is 1. The fourth-order valence-corrected chi connectivity index (χ4v) is 3.14. The third-order valence-electron chi connectivity index (χ3n) is 3.97. The Kier molecular flexibility index (Phi) is 6.46. The molecule has 0 aliphatic carbocycles. The average Bonchev–Trinajstić information content (AvgIpc) is 2.89. The third kappa shape index (κ3) is 5.24. The molecule has 2 rings (SSSR count). The molecule has 1 unspecified atom stereocenters. The monoisotopic (exact) mass is 331 g/mol. The number of thioether (sulfide) groups is 1. The van der Waals surface area contributed by atoms with E-state index >= 15 is 0 Å². The highest BCUT2D eigenvalue weighted by Crippen LogP contribution is 2.24. The molecular weight excluding hydrogens is 306 g/mol. The summed E-state index contributed by atoms with van der Waals surface area (Å²) >= 11 is 1.62. The Morgan fingerprint density at radius 2 is 1.96 bits per heavy atom. The zero-order valence-corrected chi connectivity index (χ0v) is 15.2. The summed E-state index contributed by atoms with van der Waals surface area (Å²) in [5.74, 6) is 3.56. The van der Waals surface area contributed by atoms with Gasteiger partial charge < -0.3 is 4.42 Å². The van der Waals surface area contributed by atoms with Gasteiger partial charge in [-0.25, -0.2) is 4.98 Å². The van der Waals surface area contributed by atoms with Crippen molar-refractivity contribution in [2.75, 3.05) is 5.75 Å². The molecule has 0 saturated heterocycles. The summed E-state index contributed by atoms with van der Waals surface area (Å²) in [6.07, 6.45) is 1.73. The molecule has 0 amide bonds. The van der Waals surface area contributed by atoms with E-state index in [1.807, 2.05) is 19.1 Å². The zero-order chi connectivity index (χ0) is 16.8. The Labute approximate surface area is 142 Å². The summed E-state index contributed by atoms with van der Waals surface area (Å²) in [5.41, 5.74) is 3.14. The van der Waals surface area contributed by atoms with E-state index in [4.69, 9.17) is 4.42 Å². The first-order valence-electron chi connectivity index (χ1n) is 8.12. The maximum absolute atomic E-state index is 11.9. The Balaban J connectivity index is 1.91. The van der Waals surface area contributed by atoms with Gasteiger partial charge in [-0.3, -0.25) is 4.79 Å². The lowest BCUT2D eigenvalue weighted by Crippen LogP contribution is -2.07. The molecule has 0 radical (unpaired) electrons. The predicted octanol–water partition coefficient (Wildman–Crippen LogP) is 5.20. The summed E-state index contributed by atoms with van der Waals surface area (Å²) < 4.78 is 5.77. The van der Waals surface area contributed by atoms with Gasteiger partial charge in [-0.05, 0) is 31.9 Å². The summed E-state index contributed by atoms with van der Waals surface area (Å²) in [4.78, 5) is 16.5. The number of Topliss-reactive ketones (excluding diaryl/α,β-unsaturated/α-hetero) is 1. The first-order chi connectivity index (χ1) is 11.0. The first-order valence-corrected chi connectivity index (χ1v) is 9.27. The third-order valence-corrected chi connectivity index (χ3v) is 4.97. The molecule has 0 N–H and O–H groups in total. The van der Waals surface area contributed by atoms with Crippen LogP contribution < -0.4 is 0 Å². The molecule has 1 heterocycles. The van der Waals surface area contributed by atoms with E-state index in [-0.39, 0.29) is 0 Å². The number of aryl methyl sites for hydroxylation is 2. The number of rotatable bonds is 8. The fourth-order valence-electron chi connectivity index (χ4n) is 2.24. The van der Waals surface area contributed by atoms with Crippen molar-refractivity contribution in [3.8, 4) is 11.5 Å². The minimum absolute atomic E-state index is 0.323. The van der Waals surface area contributed by atoms with Crippen LogP contribution in [0, 0.1) is 19.8 Å². The van der Waals surface area contributed by atoms with Gasteiger partial charge >= 0.3 is 0 Å². The molecule has 0 aliphatic heterocycles. The Morgan fingerprint density at radius 3 is 2.61 bits per heavy atom. The van der Waals surface area contributed by atoms with Crippen LogP contribution in [0.2, 0.25) is 0 Å². The number of oxazole rings is 1. The number of hydrogen-bond acceptors (Lipinski definition) is 4. The van der Waals surface area contributed by atoms with Gasteiger partial charge in [0.1, 0.15) is 11.5 Å². The van der Waals surface area contributed by atoms with Crippen LogP contribution in [0.1, 0.15) is 43.7 Å². The van der Waals surface area contributed by atoms with Crippen LogP contribution in [0.5, 0.6) is 0 Å². The maximum Gasteiger partial charge on any atom is 0.226 e. The second-order valence-corrected chi connectivity index (χ2v) is 7.12. The molecule has 124 valence electrons. The highest BCUT2D eigenvalue weighted by atomic mass is 32.2. The molecule has 1 aromatic heterocycles. The minimum Gasteiger partial charge on any atom is -0.441 e. The van der Waals surface area contributed by atoms with Crippen LogP contribution in [0.3, 0.4) is 0 Å². The van der Waals surface area contributed by atoms with Crippen LogP contribution in [0.15, 0.2) is 28.7 Å². The van der Waals surface area contributed by atoms with Gasteiger partial charge in [-0.2, -0.15) is 0 Å². The van der Waals surface area contributed by atoms with Crippen molar-refractivity contribution in [1.29, 1.82) is 0 Å². The minimum atomic E-state index is 0.323. The number of nitrogens with zero attached hydrogens (tertiary/aromatic N) is 1. The van der Waals surface area contributed by atoms with Crippen molar-refractivity contribution in [2.24, 2.45) is 5.92 Å². The van der Waals surface area contributed by atoms with E-state index in [1.54, 1.807) is 11.8 Å². The lowest BCUT2D eigenvalue weighted by Gasteiger charge is -2.06. The topological polar surface area (TPSA) is 43.1 Å². The largest absolute Gasteiger partial charge is 0.441 e. The van der Waals surface area contributed by atoms with Crippen LogP contribution >= 0.6 is 11.8 Å². The summed E-state index contributed by atoms with van der Waals surface area (Å²) in [6, 6.07) is 8.15. The quantitative estimate of drug-likeness (QED) is 0.667. The Bertz CT molecular complexity index is 646. The predicted molar refractivity (Wildman–Crippen MR) is 96.7 cm³/mol. The number of carbonyl (C=O) groups is 1. The molecule has 2 aromatic rings. The normalized spacial score (nSPS) is 12.3. The first kappa shape index (κ1) is 17.8. The van der Waals surface area contributed by atoms with Crippen LogP contribution in [0.25, 0.3) is 11.5 Å². The van der Waals surface area contributed by atoms with Gasteiger partial charge in [-0.1, -0.05) is 38.0 Å². The second kappa shape index (κ2) is 8.34. The van der Waals surface area contributed by atoms with E-state index in [2.05, 4.69) is 37.9 Å². The van der Waals surface area contributed by atoms with Crippen molar-refractivity contribution >= 4 is 17.5 Å². The van der Waals surface area contributed by atoms with E-state index < -0.39 is 0 Å². The van der Waals surface area contributed by atoms with Crippen molar-refractivity contribution in [3.05, 3.63) is 41.3 Å². The maximum atomic E-state index is 11.9. The Morgan fingerprint density at radius 1 is 1.26 bits per heavy atom. The number of ketones is 1. The van der Waals surface area contributed by atoms with Gasteiger partial charge in [-0.15, -0.1) is 11.8 Å². The van der Waals surface area contributed by atoms with Crippen molar-refractivity contribution < 1.29 is 9.21 Å². The number of hydrogen-bond donors (Lipinski definition) is 0. The average molecular weight is 331 g/mol. The van der Waals surface area contributed by atoms with E-state index in [1.165, 1.54) is 5.56 Å². The molecule has 0 bridgehead atoms. The van der Waals surface area contributed by atoms with Crippen molar-refractivity contribution in [1.82, 2.24) is 4.98 Å². The van der Waals surface area contributed by atoms with Crippen LogP contribution in [-0.4, -0.2) is 16.5 Å². The lowest BCUT2D eigenvalue weighted by atomic mass is 10.0. The summed E-state index contributed by atoms with van der Waals surface area (Å²) in [7, 11) is 0. The number of carbonyl (C=O) groups excluding carboxylic acids is 1. The van der Waals surface area contributed by atoms with Gasteiger partial charge in [0.05, 0.1) is 11.4 Å². The molecule has 0 saturated carbocycles. The number of benzene rings is 1. The van der Waals surface area contributed by atoms with Crippen molar-refractivity contribution in [3.63, 3.8) is 0 Å². The molecule has 1 atom stereocenters. The molecule has 23 heavy (non-hydrogen) atoms. The molecule has 4 heteroatoms. The zero-order valence-electron chi connectivity index (χ0n) is 14.4.